The SMILES string of the molecule is n1onc(-[n+]2nc3nonc3[n-]2)c1Oc1nonc1-[n+]1nc2nonc2[n-]1. The predicted octanol–water partition coefficient (Wildman–Crippen LogP) is -3.42. The van der Waals surface area contributed by atoms with E-state index in [1.165, 1.54) is 0 Å². The fourth-order valence-corrected chi connectivity index (χ4v) is 2.02. The van der Waals surface area contributed by atoms with Gasteiger partial charge in [-0.05, 0) is 0 Å². The smallest absolute Gasteiger partial charge is 0.401 e. The van der Waals surface area contributed by atoms with E-state index in [9.17, 15) is 0 Å². The molecule has 0 fully saturated rings. The number of rotatable bonds is 4. The highest BCUT2D eigenvalue weighted by atomic mass is 16.6. The molecule has 0 amide bonds. The monoisotopic (exact) mass is 372 g/mol. The molecule has 6 aromatic heterocycles. The van der Waals surface area contributed by atoms with Crippen LogP contribution in [0.3, 0.4) is 0 Å². The van der Waals surface area contributed by atoms with Crippen molar-refractivity contribution >= 4 is 22.6 Å². The topological polar surface area (TPSA) is 227 Å². The Bertz CT molecular complexity index is 1220. The third kappa shape index (κ3) is 1.95. The maximum Gasteiger partial charge on any atom is 0.461 e. The van der Waals surface area contributed by atoms with E-state index in [0.717, 1.165) is 9.59 Å². The van der Waals surface area contributed by atoms with E-state index in [1.54, 1.807) is 0 Å². The first kappa shape index (κ1) is 13.5. The van der Waals surface area contributed by atoms with E-state index in [4.69, 9.17) is 4.74 Å². The summed E-state index contributed by atoms with van der Waals surface area (Å²) >= 11 is 0. The van der Waals surface area contributed by atoms with Crippen molar-refractivity contribution in [3.63, 3.8) is 0 Å². The Morgan fingerprint density at radius 3 is 1.56 bits per heavy atom. The lowest BCUT2D eigenvalue weighted by atomic mass is 10.6. The van der Waals surface area contributed by atoms with E-state index >= 15 is 0 Å². The second-order valence-electron chi connectivity index (χ2n) is 4.69. The van der Waals surface area contributed by atoms with Crippen molar-refractivity contribution in [2.45, 2.75) is 0 Å². The van der Waals surface area contributed by atoms with Gasteiger partial charge in [0.15, 0.2) is 21.6 Å². The van der Waals surface area contributed by atoms with Crippen LogP contribution in [0.15, 0.2) is 18.5 Å². The van der Waals surface area contributed by atoms with Crippen LogP contribution in [0.2, 0.25) is 0 Å². The van der Waals surface area contributed by atoms with Crippen LogP contribution in [-0.4, -0.2) is 51.5 Å². The quantitative estimate of drug-likeness (QED) is 0.274. The molecule has 6 rings (SSSR count). The molecule has 6 aromatic rings. The van der Waals surface area contributed by atoms with Crippen molar-refractivity contribution in [3.8, 4) is 23.4 Å². The first-order chi connectivity index (χ1) is 13.3. The molecule has 0 bridgehead atoms. The lowest BCUT2D eigenvalue weighted by Gasteiger charge is -1.94. The highest BCUT2D eigenvalue weighted by Crippen LogP contribution is 2.22. The van der Waals surface area contributed by atoms with Gasteiger partial charge in [0, 0.05) is 10.3 Å². The first-order valence-electron chi connectivity index (χ1n) is 6.80. The Morgan fingerprint density at radius 2 is 1.07 bits per heavy atom. The molecule has 132 valence electrons. The minimum atomic E-state index is -0.154. The molecular weight excluding hydrogens is 372 g/mol. The number of nitrogens with zero attached hydrogens (tertiary/aromatic N) is 14. The summed E-state index contributed by atoms with van der Waals surface area (Å²) in [6.45, 7) is 0. The summed E-state index contributed by atoms with van der Waals surface area (Å²) in [5, 5.41) is 44.7. The van der Waals surface area contributed by atoms with Crippen molar-refractivity contribution in [3.05, 3.63) is 0 Å². The minimum absolute atomic E-state index is 0.0157. The van der Waals surface area contributed by atoms with Crippen molar-refractivity contribution < 1.29 is 32.8 Å². The number of fused-ring (bicyclic) bond motifs is 2. The van der Waals surface area contributed by atoms with E-state index in [1.807, 2.05) is 0 Å². The molecule has 19 nitrogen and oxygen atoms in total. The fraction of sp³-hybridized carbons (Fsp3) is 0. The molecule has 27 heavy (non-hydrogen) atoms. The predicted molar refractivity (Wildman–Crippen MR) is 64.7 cm³/mol. The molecule has 0 saturated carbocycles. The molecule has 0 aliphatic heterocycles. The number of ether oxygens (including phenoxy) is 1. The molecular formula is C8N14O5. The van der Waals surface area contributed by atoms with Gasteiger partial charge in [0.1, 0.15) is 11.3 Å². The average molecular weight is 372 g/mol. The minimum Gasteiger partial charge on any atom is -0.401 e. The van der Waals surface area contributed by atoms with E-state index in [0.29, 0.717) is 0 Å². The molecule has 0 aliphatic rings. The zero-order valence-electron chi connectivity index (χ0n) is 12.3. The summed E-state index contributed by atoms with van der Waals surface area (Å²) in [6.07, 6.45) is 0. The van der Waals surface area contributed by atoms with Crippen LogP contribution in [0.25, 0.3) is 34.2 Å². The zero-order valence-corrected chi connectivity index (χ0v) is 12.3. The van der Waals surface area contributed by atoms with Gasteiger partial charge in [-0.1, -0.05) is 10.3 Å². The van der Waals surface area contributed by atoms with Gasteiger partial charge in [0.05, 0.1) is 0 Å². The van der Waals surface area contributed by atoms with Gasteiger partial charge < -0.3 is 14.0 Å². The van der Waals surface area contributed by atoms with Crippen LogP contribution in [0.4, 0.5) is 0 Å². The van der Waals surface area contributed by atoms with Gasteiger partial charge >= 0.3 is 23.4 Å². The van der Waals surface area contributed by atoms with E-state index in [2.05, 4.69) is 80.2 Å². The summed E-state index contributed by atoms with van der Waals surface area (Å²) in [6, 6.07) is 0. The molecule has 6 heterocycles. The maximum absolute atomic E-state index is 5.51. The Kier molecular flexibility index (Phi) is 2.41. The van der Waals surface area contributed by atoms with Crippen LogP contribution in [0.5, 0.6) is 11.8 Å². The maximum atomic E-state index is 5.51. The second-order valence-corrected chi connectivity index (χ2v) is 4.69. The molecule has 0 spiro atoms. The van der Waals surface area contributed by atoms with Gasteiger partial charge in [-0.2, -0.15) is 30.7 Å². The van der Waals surface area contributed by atoms with Gasteiger partial charge in [-0.3, -0.25) is 0 Å². The Hall–Kier alpha value is -4.84. The fourth-order valence-electron chi connectivity index (χ4n) is 2.02. The molecule has 0 aliphatic carbocycles. The Labute approximate surface area is 141 Å². The zero-order chi connectivity index (χ0) is 17.8. The molecule has 0 atom stereocenters. The Morgan fingerprint density at radius 1 is 0.593 bits per heavy atom. The summed E-state index contributed by atoms with van der Waals surface area (Å²) in [7, 11) is 0. The summed E-state index contributed by atoms with van der Waals surface area (Å²) in [5.41, 5.74) is 0.603. The highest BCUT2D eigenvalue weighted by Gasteiger charge is 2.32. The number of aromatic nitrogens is 14. The van der Waals surface area contributed by atoms with Crippen LogP contribution in [0, 0.1) is 0 Å². The lowest BCUT2D eigenvalue weighted by Crippen LogP contribution is -2.39. The summed E-state index contributed by atoms with van der Waals surface area (Å²) in [5.74, 6) is -0.339. The van der Waals surface area contributed by atoms with Crippen LogP contribution in [-0.2, 0) is 0 Å². The number of hydrogen-bond acceptors (Lipinski definition) is 15. The normalized spacial score (nSPS) is 11.7. The van der Waals surface area contributed by atoms with Crippen molar-refractivity contribution in [2.24, 2.45) is 0 Å². The van der Waals surface area contributed by atoms with E-state index < -0.39 is 0 Å². The van der Waals surface area contributed by atoms with Crippen LogP contribution >= 0.6 is 0 Å². The summed E-state index contributed by atoms with van der Waals surface area (Å²) in [4.78, 5) is 2.07. The van der Waals surface area contributed by atoms with Gasteiger partial charge in [-0.15, -0.1) is 18.9 Å². The second kappa shape index (κ2) is 4.84. The first-order valence-corrected chi connectivity index (χ1v) is 6.80. The molecule has 0 N–H and O–H groups in total. The van der Waals surface area contributed by atoms with Crippen LogP contribution in [0.1, 0.15) is 0 Å². The van der Waals surface area contributed by atoms with E-state index in [-0.39, 0.29) is 46.0 Å². The van der Waals surface area contributed by atoms with Gasteiger partial charge in [0.25, 0.3) is 0 Å². The third-order valence-electron chi connectivity index (χ3n) is 3.12. The van der Waals surface area contributed by atoms with Crippen molar-refractivity contribution in [1.82, 2.24) is 61.6 Å². The average Bonchev–Trinajstić information content (AvgIpc) is 3.43. The van der Waals surface area contributed by atoms with Crippen molar-refractivity contribution in [1.29, 1.82) is 0 Å². The number of hydrogen-bond donors (Lipinski definition) is 0. The Balaban J connectivity index is 1.38. The molecule has 0 radical (unpaired) electrons. The lowest BCUT2D eigenvalue weighted by molar-refractivity contribution is -0.721. The van der Waals surface area contributed by atoms with Gasteiger partial charge in [0.2, 0.25) is 0 Å². The summed E-state index contributed by atoms with van der Waals surface area (Å²) < 4.78 is 23.8. The van der Waals surface area contributed by atoms with Gasteiger partial charge in [-0.25, -0.2) is 0 Å². The van der Waals surface area contributed by atoms with Crippen molar-refractivity contribution in [2.75, 3.05) is 0 Å². The molecule has 0 unspecified atom stereocenters. The van der Waals surface area contributed by atoms with Crippen LogP contribution < -0.4 is 24.5 Å². The molecule has 19 heteroatoms. The largest absolute Gasteiger partial charge is 0.461 e. The molecule has 0 saturated heterocycles. The third-order valence-corrected chi connectivity index (χ3v) is 3.12. The standard InChI is InChI=1S/C8N14O5/c9-1-2(14-24-13-1)10-21(9)5-7(19-26-17-5)23-8-6(18-27-20-8)22-11-3-4(12-22)16-25-15-3. The molecule has 0 aromatic carbocycles. The highest BCUT2D eigenvalue weighted by molar-refractivity contribution is 5.60.